The predicted octanol–water partition coefficient (Wildman–Crippen LogP) is 2.08. The second-order valence-electron chi connectivity index (χ2n) is 6.27. The maximum atomic E-state index is 12.4. The van der Waals surface area contributed by atoms with Crippen LogP contribution in [0.5, 0.6) is 0 Å². The Hall–Kier alpha value is -1.53. The van der Waals surface area contributed by atoms with Crippen LogP contribution in [0.2, 0.25) is 0 Å². The van der Waals surface area contributed by atoms with E-state index in [9.17, 15) is 4.79 Å². The van der Waals surface area contributed by atoms with Gasteiger partial charge < -0.3 is 14.6 Å². The highest BCUT2D eigenvalue weighted by Gasteiger charge is 2.27. The normalized spacial score (nSPS) is 21.8. The molecule has 124 valence electrons. The number of piperazine rings is 1. The van der Waals surface area contributed by atoms with Crippen LogP contribution in [0, 0.1) is 6.92 Å². The van der Waals surface area contributed by atoms with Crippen LogP contribution in [-0.2, 0) is 10.5 Å². The van der Waals surface area contributed by atoms with Gasteiger partial charge in [-0.2, -0.15) is 0 Å². The van der Waals surface area contributed by atoms with E-state index in [4.69, 9.17) is 0 Å². The number of amides is 1. The van der Waals surface area contributed by atoms with Crippen molar-refractivity contribution in [3.63, 3.8) is 0 Å². The van der Waals surface area contributed by atoms with Crippen molar-refractivity contribution in [1.29, 1.82) is 0 Å². The van der Waals surface area contributed by atoms with Crippen molar-refractivity contribution < 1.29 is 4.79 Å². The quantitative estimate of drug-likeness (QED) is 0.931. The number of hydrogen-bond donors (Lipinski definition) is 1. The maximum absolute atomic E-state index is 12.4. The topological polar surface area (TPSA) is 49.6 Å². The largest absolute Gasteiger partial charge is 0.336 e. The number of nitrogens with zero attached hydrogens (tertiary/aromatic N) is 3. The van der Waals surface area contributed by atoms with Crippen LogP contribution in [-0.4, -0.2) is 51.1 Å². The molecule has 2 unspecified atom stereocenters. The summed E-state index contributed by atoms with van der Waals surface area (Å²) in [6.07, 6.45) is 4.13. The van der Waals surface area contributed by atoms with E-state index in [-0.39, 0.29) is 11.9 Å². The highest BCUT2D eigenvalue weighted by Crippen LogP contribution is 2.16. The van der Waals surface area contributed by atoms with E-state index in [1.165, 1.54) is 5.56 Å². The van der Waals surface area contributed by atoms with Crippen LogP contribution >= 0.6 is 11.8 Å². The Labute approximate surface area is 141 Å². The number of pyridine rings is 1. The molecular formula is C17H24N4OS. The lowest BCUT2D eigenvalue weighted by atomic mass is 10.1. The number of carbonyl (C=O) groups is 1. The lowest BCUT2D eigenvalue weighted by molar-refractivity contribution is -0.131. The summed E-state index contributed by atoms with van der Waals surface area (Å²) in [4.78, 5) is 19.0. The molecule has 2 aromatic heterocycles. The number of thioether (sulfide) groups is 1. The van der Waals surface area contributed by atoms with Gasteiger partial charge in [0.2, 0.25) is 5.91 Å². The van der Waals surface area contributed by atoms with Gasteiger partial charge in [-0.15, -0.1) is 11.8 Å². The van der Waals surface area contributed by atoms with E-state index in [0.29, 0.717) is 11.8 Å². The fourth-order valence-corrected chi connectivity index (χ4v) is 3.75. The Morgan fingerprint density at radius 1 is 1.39 bits per heavy atom. The van der Waals surface area contributed by atoms with Crippen molar-refractivity contribution in [2.24, 2.45) is 0 Å². The Morgan fingerprint density at radius 3 is 3.04 bits per heavy atom. The van der Waals surface area contributed by atoms with Crippen molar-refractivity contribution in [2.45, 2.75) is 38.6 Å². The van der Waals surface area contributed by atoms with Gasteiger partial charge in [0.15, 0.2) is 0 Å². The van der Waals surface area contributed by atoms with Gasteiger partial charge in [0.25, 0.3) is 0 Å². The molecule has 1 fully saturated rings. The molecule has 5 nitrogen and oxygen atoms in total. The molecule has 0 spiro atoms. The highest BCUT2D eigenvalue weighted by atomic mass is 32.2. The molecule has 1 aliphatic rings. The second kappa shape index (κ2) is 6.93. The molecule has 3 heterocycles. The van der Waals surface area contributed by atoms with E-state index >= 15 is 0 Å². The molecule has 3 rings (SSSR count). The third-order valence-electron chi connectivity index (χ3n) is 4.48. The number of hydrogen-bond acceptors (Lipinski definition) is 4. The zero-order valence-electron chi connectivity index (χ0n) is 14.0. The number of imidazole rings is 1. The molecule has 2 aromatic rings. The van der Waals surface area contributed by atoms with E-state index in [0.717, 1.165) is 30.2 Å². The van der Waals surface area contributed by atoms with Crippen LogP contribution in [0.15, 0.2) is 24.5 Å². The Morgan fingerprint density at radius 2 is 2.22 bits per heavy atom. The number of aromatic nitrogens is 2. The first-order chi connectivity index (χ1) is 11.0. The molecule has 1 amide bonds. The van der Waals surface area contributed by atoms with E-state index in [1.54, 1.807) is 11.8 Å². The van der Waals surface area contributed by atoms with Gasteiger partial charge in [0.1, 0.15) is 5.65 Å². The minimum absolute atomic E-state index is 0.232. The van der Waals surface area contributed by atoms with Gasteiger partial charge in [-0.3, -0.25) is 4.79 Å². The van der Waals surface area contributed by atoms with Crippen LogP contribution in [0.4, 0.5) is 0 Å². The molecule has 0 aliphatic carbocycles. The predicted molar refractivity (Wildman–Crippen MR) is 94.7 cm³/mol. The number of carbonyl (C=O) groups excluding carboxylic acids is 1. The van der Waals surface area contributed by atoms with Crippen molar-refractivity contribution >= 4 is 23.3 Å². The molecule has 0 saturated carbocycles. The van der Waals surface area contributed by atoms with Crippen molar-refractivity contribution in [3.05, 3.63) is 35.8 Å². The van der Waals surface area contributed by atoms with Gasteiger partial charge in [0.05, 0.1) is 11.4 Å². The van der Waals surface area contributed by atoms with Gasteiger partial charge in [-0.1, -0.05) is 6.07 Å². The zero-order chi connectivity index (χ0) is 16.4. The van der Waals surface area contributed by atoms with Gasteiger partial charge in [0, 0.05) is 43.3 Å². The minimum Gasteiger partial charge on any atom is -0.336 e. The number of fused-ring (bicyclic) bond motifs is 1. The minimum atomic E-state index is 0.232. The van der Waals surface area contributed by atoms with Crippen molar-refractivity contribution in [3.8, 4) is 0 Å². The Kier molecular flexibility index (Phi) is 4.92. The summed E-state index contributed by atoms with van der Waals surface area (Å²) >= 11 is 1.64. The lowest BCUT2D eigenvalue weighted by Crippen LogP contribution is -2.57. The smallest absolute Gasteiger partial charge is 0.232 e. The van der Waals surface area contributed by atoms with E-state index in [1.807, 2.05) is 15.4 Å². The monoisotopic (exact) mass is 332 g/mol. The standard InChI is InChI=1S/C17H24N4OS/c1-12-4-5-16-19-15(9-20(16)8-12)10-23-11-17(22)21-7-6-18-13(2)14(21)3/h4-5,8-9,13-14,18H,6-7,10-11H2,1-3H3. The van der Waals surface area contributed by atoms with Gasteiger partial charge >= 0.3 is 0 Å². The van der Waals surface area contributed by atoms with E-state index in [2.05, 4.69) is 49.5 Å². The highest BCUT2D eigenvalue weighted by molar-refractivity contribution is 7.99. The van der Waals surface area contributed by atoms with E-state index < -0.39 is 0 Å². The summed E-state index contributed by atoms with van der Waals surface area (Å²) in [5.41, 5.74) is 3.20. The summed E-state index contributed by atoms with van der Waals surface area (Å²) in [7, 11) is 0. The fourth-order valence-electron chi connectivity index (χ4n) is 2.96. The Bertz CT molecular complexity index is 699. The molecule has 1 saturated heterocycles. The average molecular weight is 332 g/mol. The molecule has 6 heteroatoms. The summed E-state index contributed by atoms with van der Waals surface area (Å²) in [6, 6.07) is 4.71. The molecule has 1 aliphatic heterocycles. The van der Waals surface area contributed by atoms with Crippen molar-refractivity contribution in [2.75, 3.05) is 18.8 Å². The van der Waals surface area contributed by atoms with Gasteiger partial charge in [-0.05, 0) is 32.4 Å². The fraction of sp³-hybridized carbons (Fsp3) is 0.529. The molecule has 0 aromatic carbocycles. The molecule has 0 bridgehead atoms. The van der Waals surface area contributed by atoms with Gasteiger partial charge in [-0.25, -0.2) is 4.98 Å². The third kappa shape index (κ3) is 3.70. The first-order valence-corrected chi connectivity index (χ1v) is 9.25. The Balaban J connectivity index is 1.54. The second-order valence-corrected chi connectivity index (χ2v) is 7.25. The lowest BCUT2D eigenvalue weighted by Gasteiger charge is -2.38. The van der Waals surface area contributed by atoms with Crippen LogP contribution < -0.4 is 5.32 Å². The summed E-state index contributed by atoms with van der Waals surface area (Å²) < 4.78 is 2.05. The molecular weight excluding hydrogens is 308 g/mol. The molecule has 1 N–H and O–H groups in total. The van der Waals surface area contributed by atoms with Crippen LogP contribution in [0.3, 0.4) is 0 Å². The zero-order valence-corrected chi connectivity index (χ0v) is 14.8. The molecule has 0 radical (unpaired) electrons. The summed E-state index contributed by atoms with van der Waals surface area (Å²) in [6.45, 7) is 8.01. The first-order valence-electron chi connectivity index (χ1n) is 8.09. The number of nitrogens with one attached hydrogen (secondary N) is 1. The first kappa shape index (κ1) is 16.3. The number of aryl methyl sites for hydroxylation is 1. The summed E-state index contributed by atoms with van der Waals surface area (Å²) in [5.74, 6) is 1.52. The molecule has 23 heavy (non-hydrogen) atoms. The SMILES string of the molecule is Cc1ccc2nc(CSCC(=O)N3CCNC(C)C3C)cn2c1. The third-order valence-corrected chi connectivity index (χ3v) is 5.43. The average Bonchev–Trinajstić information content (AvgIpc) is 2.91. The van der Waals surface area contributed by atoms with Crippen LogP contribution in [0.25, 0.3) is 5.65 Å². The van der Waals surface area contributed by atoms with Crippen LogP contribution in [0.1, 0.15) is 25.1 Å². The molecule has 2 atom stereocenters. The van der Waals surface area contributed by atoms with Crippen molar-refractivity contribution in [1.82, 2.24) is 19.6 Å². The summed E-state index contributed by atoms with van der Waals surface area (Å²) in [5, 5.41) is 3.40. The maximum Gasteiger partial charge on any atom is 0.232 e. The number of rotatable bonds is 4.